The van der Waals surface area contributed by atoms with Crippen molar-refractivity contribution < 1.29 is 22.3 Å². The largest absolute Gasteiger partial charge is 0.493 e. The van der Waals surface area contributed by atoms with Gasteiger partial charge in [-0.1, -0.05) is 30.3 Å². The Morgan fingerprint density at radius 1 is 0.933 bits per heavy atom. The average Bonchev–Trinajstić information content (AvgIpc) is 2.78. The third kappa shape index (κ3) is 3.55. The highest BCUT2D eigenvalue weighted by molar-refractivity contribution is 7.89. The van der Waals surface area contributed by atoms with E-state index in [0.717, 1.165) is 28.8 Å². The number of fused-ring (bicyclic) bond motifs is 1. The fraction of sp³-hybridized carbons (Fsp3) is 0.217. The second-order valence-electron chi connectivity index (χ2n) is 7.04. The highest BCUT2D eigenvalue weighted by Crippen LogP contribution is 2.43. The Morgan fingerprint density at radius 2 is 1.57 bits per heavy atom. The van der Waals surface area contributed by atoms with Gasteiger partial charge in [0.2, 0.25) is 10.0 Å². The molecule has 5 nitrogen and oxygen atoms in total. The lowest BCUT2D eigenvalue weighted by atomic mass is 9.89. The molecule has 4 rings (SSSR count). The molecule has 0 saturated carbocycles. The summed E-state index contributed by atoms with van der Waals surface area (Å²) in [5.74, 6) is 0.672. The van der Waals surface area contributed by atoms with E-state index < -0.39 is 21.9 Å². The monoisotopic (exact) mass is 427 g/mol. The Morgan fingerprint density at radius 3 is 2.20 bits per heavy atom. The summed E-state index contributed by atoms with van der Waals surface area (Å²) in [4.78, 5) is 0.0637. The number of rotatable bonds is 5. The van der Waals surface area contributed by atoms with Gasteiger partial charge in [-0.15, -0.1) is 0 Å². The van der Waals surface area contributed by atoms with Crippen molar-refractivity contribution in [2.24, 2.45) is 0 Å². The highest BCUT2D eigenvalue weighted by atomic mass is 32.2. The lowest BCUT2D eigenvalue weighted by Gasteiger charge is -2.37. The third-order valence-electron chi connectivity index (χ3n) is 5.37. The highest BCUT2D eigenvalue weighted by Gasteiger charge is 2.38. The van der Waals surface area contributed by atoms with E-state index in [9.17, 15) is 12.8 Å². The number of benzene rings is 3. The Kier molecular flexibility index (Phi) is 5.49. The molecule has 3 aromatic rings. The van der Waals surface area contributed by atoms with Crippen LogP contribution < -0.4 is 9.47 Å². The third-order valence-corrected chi connectivity index (χ3v) is 7.24. The quantitative estimate of drug-likeness (QED) is 0.613. The molecule has 1 aliphatic heterocycles. The van der Waals surface area contributed by atoms with E-state index in [-0.39, 0.29) is 4.90 Å². The Bertz CT molecular complexity index is 1150. The first kappa shape index (κ1) is 20.4. The minimum Gasteiger partial charge on any atom is -0.493 e. The molecule has 0 aliphatic carbocycles. The molecule has 1 aliphatic rings. The number of methoxy groups -OCH3 is 2. The number of nitrogens with zero attached hydrogens (tertiary/aromatic N) is 1. The van der Waals surface area contributed by atoms with E-state index in [4.69, 9.17) is 9.47 Å². The van der Waals surface area contributed by atoms with Gasteiger partial charge in [0.25, 0.3) is 0 Å². The maximum atomic E-state index is 13.5. The summed E-state index contributed by atoms with van der Waals surface area (Å²) in [6.45, 7) is 0.293. The van der Waals surface area contributed by atoms with Crippen LogP contribution in [0.15, 0.2) is 71.6 Å². The zero-order chi connectivity index (χ0) is 21.3. The van der Waals surface area contributed by atoms with E-state index in [0.29, 0.717) is 24.5 Å². The number of hydrogen-bond donors (Lipinski definition) is 0. The van der Waals surface area contributed by atoms with E-state index in [2.05, 4.69) is 0 Å². The summed E-state index contributed by atoms with van der Waals surface area (Å²) in [6.07, 6.45) is 0.527. The summed E-state index contributed by atoms with van der Waals surface area (Å²) in [6, 6.07) is 17.6. The Labute approximate surface area is 175 Å². The SMILES string of the molecule is COc1cc2c(cc1OC)C(c1ccccc1)N(S(=O)(=O)c1ccc(F)cc1)CC2. The maximum absolute atomic E-state index is 13.5. The van der Waals surface area contributed by atoms with Crippen molar-refractivity contribution in [1.82, 2.24) is 4.31 Å². The van der Waals surface area contributed by atoms with Crippen molar-refractivity contribution in [3.63, 3.8) is 0 Å². The van der Waals surface area contributed by atoms with Crippen molar-refractivity contribution in [3.8, 4) is 11.5 Å². The first-order valence-electron chi connectivity index (χ1n) is 9.53. The summed E-state index contributed by atoms with van der Waals surface area (Å²) in [7, 11) is -0.730. The predicted octanol–water partition coefficient (Wildman–Crippen LogP) is 4.18. The molecule has 0 aromatic heterocycles. The number of ether oxygens (including phenoxy) is 2. The van der Waals surface area contributed by atoms with Gasteiger partial charge in [0, 0.05) is 6.54 Å². The van der Waals surface area contributed by atoms with Gasteiger partial charge in [-0.2, -0.15) is 4.31 Å². The summed E-state index contributed by atoms with van der Waals surface area (Å²) in [5.41, 5.74) is 2.69. The molecule has 0 fully saturated rings. The van der Waals surface area contributed by atoms with Crippen LogP contribution in [0.1, 0.15) is 22.7 Å². The first-order chi connectivity index (χ1) is 14.5. The fourth-order valence-corrected chi connectivity index (χ4v) is 5.50. The molecular formula is C23H22FNO4S. The van der Waals surface area contributed by atoms with Crippen LogP contribution in [0.2, 0.25) is 0 Å². The molecule has 0 bridgehead atoms. The molecule has 0 N–H and O–H groups in total. The second kappa shape index (κ2) is 8.08. The van der Waals surface area contributed by atoms with Crippen molar-refractivity contribution in [3.05, 3.63) is 89.2 Å². The van der Waals surface area contributed by atoms with Crippen molar-refractivity contribution in [1.29, 1.82) is 0 Å². The van der Waals surface area contributed by atoms with Crippen molar-refractivity contribution in [2.45, 2.75) is 17.4 Å². The predicted molar refractivity (Wildman–Crippen MR) is 112 cm³/mol. The van der Waals surface area contributed by atoms with Gasteiger partial charge in [-0.25, -0.2) is 12.8 Å². The normalized spacial score (nSPS) is 16.7. The molecular weight excluding hydrogens is 405 g/mol. The fourth-order valence-electron chi connectivity index (χ4n) is 3.90. The summed E-state index contributed by atoms with van der Waals surface area (Å²) < 4.78 is 52.8. The lowest BCUT2D eigenvalue weighted by Crippen LogP contribution is -2.40. The molecule has 0 spiro atoms. The average molecular weight is 427 g/mol. The maximum Gasteiger partial charge on any atom is 0.243 e. The van der Waals surface area contributed by atoms with Gasteiger partial charge in [-0.05, 0) is 59.5 Å². The van der Waals surface area contributed by atoms with E-state index >= 15 is 0 Å². The first-order valence-corrected chi connectivity index (χ1v) is 11.0. The summed E-state index contributed by atoms with van der Waals surface area (Å²) >= 11 is 0. The van der Waals surface area contributed by atoms with Crippen LogP contribution in [0.3, 0.4) is 0 Å². The zero-order valence-corrected chi connectivity index (χ0v) is 17.5. The molecule has 1 heterocycles. The van der Waals surface area contributed by atoms with Crippen LogP contribution >= 0.6 is 0 Å². The molecule has 0 radical (unpaired) electrons. The van der Waals surface area contributed by atoms with Crippen molar-refractivity contribution in [2.75, 3.05) is 20.8 Å². The van der Waals surface area contributed by atoms with Gasteiger partial charge >= 0.3 is 0 Å². The number of halogens is 1. The standard InChI is InChI=1S/C23H22FNO4S/c1-28-21-14-17-12-13-25(30(26,27)19-10-8-18(24)9-11-19)23(16-6-4-3-5-7-16)20(17)15-22(21)29-2/h3-11,14-15,23H,12-13H2,1-2H3. The zero-order valence-electron chi connectivity index (χ0n) is 16.7. The Balaban J connectivity index is 1.89. The lowest BCUT2D eigenvalue weighted by molar-refractivity contribution is 0.332. The molecule has 7 heteroatoms. The minimum atomic E-state index is -3.86. The van der Waals surface area contributed by atoms with E-state index in [1.165, 1.54) is 16.4 Å². The van der Waals surface area contributed by atoms with Gasteiger partial charge < -0.3 is 9.47 Å². The van der Waals surface area contributed by atoms with Gasteiger partial charge in [0.1, 0.15) is 5.82 Å². The van der Waals surface area contributed by atoms with Crippen LogP contribution in [-0.4, -0.2) is 33.5 Å². The molecule has 156 valence electrons. The molecule has 0 amide bonds. The van der Waals surface area contributed by atoms with E-state index in [1.807, 2.05) is 42.5 Å². The number of sulfonamides is 1. The van der Waals surface area contributed by atoms with Crippen LogP contribution in [0, 0.1) is 5.82 Å². The van der Waals surface area contributed by atoms with Gasteiger partial charge in [0.05, 0.1) is 25.2 Å². The van der Waals surface area contributed by atoms with E-state index in [1.54, 1.807) is 14.2 Å². The molecule has 30 heavy (non-hydrogen) atoms. The van der Waals surface area contributed by atoms with Gasteiger partial charge in [-0.3, -0.25) is 0 Å². The molecule has 1 unspecified atom stereocenters. The van der Waals surface area contributed by atoms with Crippen LogP contribution in [0.5, 0.6) is 11.5 Å². The molecule has 3 aromatic carbocycles. The van der Waals surface area contributed by atoms with Gasteiger partial charge in [0.15, 0.2) is 11.5 Å². The molecule has 0 saturated heterocycles. The van der Waals surface area contributed by atoms with Crippen LogP contribution in [-0.2, 0) is 16.4 Å². The van der Waals surface area contributed by atoms with Crippen molar-refractivity contribution >= 4 is 10.0 Å². The van der Waals surface area contributed by atoms with Crippen LogP contribution in [0.25, 0.3) is 0 Å². The second-order valence-corrected chi connectivity index (χ2v) is 8.93. The Hall–Kier alpha value is -2.90. The smallest absolute Gasteiger partial charge is 0.243 e. The summed E-state index contributed by atoms with van der Waals surface area (Å²) in [5, 5.41) is 0. The number of hydrogen-bond acceptors (Lipinski definition) is 4. The topological polar surface area (TPSA) is 55.8 Å². The van der Waals surface area contributed by atoms with Crippen LogP contribution in [0.4, 0.5) is 4.39 Å². The molecule has 1 atom stereocenters. The minimum absolute atomic E-state index is 0.0637.